The van der Waals surface area contributed by atoms with Gasteiger partial charge in [0, 0.05) is 12.2 Å². The van der Waals surface area contributed by atoms with Gasteiger partial charge in [-0.05, 0) is 42.5 Å². The van der Waals surface area contributed by atoms with Gasteiger partial charge in [-0.2, -0.15) is 13.2 Å². The van der Waals surface area contributed by atoms with Crippen LogP contribution in [0.3, 0.4) is 0 Å². The molecule has 0 aromatic heterocycles. The number of para-hydroxylation sites is 1. The zero-order valence-corrected chi connectivity index (χ0v) is 19.8. The van der Waals surface area contributed by atoms with Gasteiger partial charge in [0.1, 0.15) is 6.04 Å². The van der Waals surface area contributed by atoms with E-state index in [4.69, 9.17) is 4.74 Å². The third-order valence-electron chi connectivity index (χ3n) is 5.78. The van der Waals surface area contributed by atoms with Crippen LogP contribution in [0.5, 0.6) is 0 Å². The van der Waals surface area contributed by atoms with Crippen molar-refractivity contribution in [3.05, 3.63) is 59.7 Å². The fourth-order valence-electron chi connectivity index (χ4n) is 4.24. The maximum atomic E-state index is 13.5. The van der Waals surface area contributed by atoms with E-state index in [1.165, 1.54) is 6.07 Å². The second-order valence-corrected chi connectivity index (χ2v) is 11.3. The molecular formula is C24H28F3NO4S. The molecule has 2 unspecified atom stereocenters. The van der Waals surface area contributed by atoms with E-state index in [0.717, 1.165) is 23.8 Å². The van der Waals surface area contributed by atoms with Crippen molar-refractivity contribution >= 4 is 21.5 Å². The van der Waals surface area contributed by atoms with Crippen LogP contribution in [0.25, 0.3) is 0 Å². The predicted octanol–water partition coefficient (Wildman–Crippen LogP) is 4.99. The van der Waals surface area contributed by atoms with Gasteiger partial charge in [-0.1, -0.05) is 51.1 Å². The average Bonchev–Trinajstić information content (AvgIpc) is 3.19. The van der Waals surface area contributed by atoms with Gasteiger partial charge in [-0.25, -0.2) is 13.2 Å². The molecule has 5 nitrogen and oxygen atoms in total. The number of anilines is 1. The summed E-state index contributed by atoms with van der Waals surface area (Å²) in [5.41, 5.74) is 0.0551. The fourth-order valence-corrected chi connectivity index (χ4v) is 6.15. The van der Waals surface area contributed by atoms with Crippen molar-refractivity contribution in [2.75, 3.05) is 18.1 Å². The van der Waals surface area contributed by atoms with Gasteiger partial charge in [0.2, 0.25) is 0 Å². The number of hydrogen-bond acceptors (Lipinski definition) is 5. The number of carbonyl (C=O) groups is 1. The van der Waals surface area contributed by atoms with E-state index in [2.05, 4.69) is 0 Å². The predicted molar refractivity (Wildman–Crippen MR) is 120 cm³/mol. The lowest BCUT2D eigenvalue weighted by Gasteiger charge is -2.31. The molecule has 0 spiro atoms. The summed E-state index contributed by atoms with van der Waals surface area (Å²) in [6.45, 7) is 7.62. The van der Waals surface area contributed by atoms with Crippen molar-refractivity contribution in [1.29, 1.82) is 0 Å². The Hall–Kier alpha value is -2.55. The Bertz CT molecular complexity index is 1120. The second kappa shape index (κ2) is 9.00. The summed E-state index contributed by atoms with van der Waals surface area (Å²) in [6.07, 6.45) is -4.98. The number of nitrogens with zero attached hydrogens (tertiary/aromatic N) is 1. The van der Waals surface area contributed by atoms with Crippen molar-refractivity contribution in [2.24, 2.45) is 0 Å². The van der Waals surface area contributed by atoms with Crippen LogP contribution in [0, 0.1) is 0 Å². The second-order valence-electron chi connectivity index (χ2n) is 9.08. The molecule has 0 aliphatic carbocycles. The van der Waals surface area contributed by atoms with E-state index >= 15 is 0 Å². The quantitative estimate of drug-likeness (QED) is 0.561. The summed E-state index contributed by atoms with van der Waals surface area (Å²) < 4.78 is 72.7. The van der Waals surface area contributed by atoms with E-state index in [-0.39, 0.29) is 25.0 Å². The largest absolute Gasteiger partial charge is 0.464 e. The van der Waals surface area contributed by atoms with Crippen LogP contribution in [0.1, 0.15) is 45.2 Å². The molecule has 0 amide bonds. The first kappa shape index (κ1) is 25.1. The highest BCUT2D eigenvalue weighted by atomic mass is 32.2. The molecule has 3 rings (SSSR count). The summed E-state index contributed by atoms with van der Waals surface area (Å²) in [4.78, 5) is 13.7. The summed E-state index contributed by atoms with van der Waals surface area (Å²) in [6, 6.07) is 10.6. The van der Waals surface area contributed by atoms with Crippen LogP contribution in [-0.4, -0.2) is 38.8 Å². The first-order valence-corrected chi connectivity index (χ1v) is 12.3. The van der Waals surface area contributed by atoms with Gasteiger partial charge in [0.25, 0.3) is 0 Å². The smallest absolute Gasteiger partial charge is 0.417 e. The van der Waals surface area contributed by atoms with Crippen molar-refractivity contribution in [3.63, 3.8) is 0 Å². The SMILES string of the molecule is CCOC(=O)C1CC(S(=O)(=O)c2ccccc2C(F)(F)F)CN1c1ccccc1C(C)(C)C. The molecule has 1 saturated heterocycles. The molecule has 1 aliphatic rings. The first-order valence-electron chi connectivity index (χ1n) is 10.7. The van der Waals surface area contributed by atoms with Crippen molar-refractivity contribution in [1.82, 2.24) is 0 Å². The molecule has 1 fully saturated rings. The van der Waals surface area contributed by atoms with E-state index in [1.807, 2.05) is 32.9 Å². The van der Waals surface area contributed by atoms with Crippen LogP contribution in [0.2, 0.25) is 0 Å². The Morgan fingerprint density at radius 3 is 2.18 bits per heavy atom. The zero-order valence-electron chi connectivity index (χ0n) is 19.0. The molecule has 0 saturated carbocycles. The zero-order chi connectivity index (χ0) is 24.6. The number of halogens is 3. The van der Waals surface area contributed by atoms with E-state index in [0.29, 0.717) is 5.69 Å². The maximum Gasteiger partial charge on any atom is 0.417 e. The van der Waals surface area contributed by atoms with Gasteiger partial charge < -0.3 is 9.64 Å². The Labute approximate surface area is 192 Å². The monoisotopic (exact) mass is 483 g/mol. The lowest BCUT2D eigenvalue weighted by molar-refractivity contribution is -0.144. The van der Waals surface area contributed by atoms with Crippen molar-refractivity contribution in [2.45, 2.75) is 61.9 Å². The highest BCUT2D eigenvalue weighted by molar-refractivity contribution is 7.92. The Balaban J connectivity index is 2.09. The van der Waals surface area contributed by atoms with Gasteiger partial charge in [0.15, 0.2) is 9.84 Å². The van der Waals surface area contributed by atoms with Crippen molar-refractivity contribution in [3.8, 4) is 0 Å². The molecule has 0 radical (unpaired) electrons. The third kappa shape index (κ3) is 5.03. The van der Waals surface area contributed by atoms with Crippen LogP contribution in [-0.2, 0) is 31.0 Å². The number of hydrogen-bond donors (Lipinski definition) is 0. The first-order chi connectivity index (χ1) is 15.3. The molecule has 0 bridgehead atoms. The molecule has 9 heteroatoms. The number of ether oxygens (including phenoxy) is 1. The molecule has 2 aromatic carbocycles. The molecule has 33 heavy (non-hydrogen) atoms. The van der Waals surface area contributed by atoms with Crippen LogP contribution < -0.4 is 4.90 Å². The Morgan fingerprint density at radius 1 is 1.03 bits per heavy atom. The molecular weight excluding hydrogens is 455 g/mol. The number of alkyl halides is 3. The molecule has 180 valence electrons. The summed E-state index contributed by atoms with van der Waals surface area (Å²) in [5, 5.41) is -1.21. The number of carbonyl (C=O) groups excluding carboxylic acids is 1. The molecule has 2 aromatic rings. The average molecular weight is 484 g/mol. The molecule has 2 atom stereocenters. The summed E-state index contributed by atoms with van der Waals surface area (Å²) in [5.74, 6) is -0.594. The highest BCUT2D eigenvalue weighted by Gasteiger charge is 2.47. The molecule has 1 aliphatic heterocycles. The number of sulfone groups is 1. The minimum absolute atomic E-state index is 0.110. The van der Waals surface area contributed by atoms with Gasteiger partial charge in [0.05, 0.1) is 22.3 Å². The standard InChI is InChI=1S/C24H28F3NO4S/c1-5-32-22(29)20-14-16(15-28(20)19-12-8-6-10-17(19)23(2,3)4)33(30,31)21-13-9-7-11-18(21)24(25,26)27/h6-13,16,20H,5,14-15H2,1-4H3. The normalized spacial score (nSPS) is 19.5. The molecule has 0 N–H and O–H groups in total. The maximum absolute atomic E-state index is 13.5. The summed E-state index contributed by atoms with van der Waals surface area (Å²) >= 11 is 0. The van der Waals surface area contributed by atoms with E-state index in [9.17, 15) is 26.4 Å². The number of esters is 1. The Kier molecular flexibility index (Phi) is 6.84. The van der Waals surface area contributed by atoms with Crippen LogP contribution >= 0.6 is 0 Å². The van der Waals surface area contributed by atoms with Crippen LogP contribution in [0.15, 0.2) is 53.4 Å². The minimum atomic E-state index is -4.82. The topological polar surface area (TPSA) is 63.7 Å². The molecule has 1 heterocycles. The van der Waals surface area contributed by atoms with Gasteiger partial charge in [-0.15, -0.1) is 0 Å². The highest BCUT2D eigenvalue weighted by Crippen LogP contribution is 2.40. The van der Waals surface area contributed by atoms with Gasteiger partial charge >= 0.3 is 12.1 Å². The lowest BCUT2D eigenvalue weighted by atomic mass is 9.85. The fraction of sp³-hybridized carbons (Fsp3) is 0.458. The Morgan fingerprint density at radius 2 is 1.61 bits per heavy atom. The number of benzene rings is 2. The minimum Gasteiger partial charge on any atom is -0.464 e. The van der Waals surface area contributed by atoms with Crippen molar-refractivity contribution < 1.29 is 31.1 Å². The third-order valence-corrected chi connectivity index (χ3v) is 7.97. The number of rotatable bonds is 5. The lowest BCUT2D eigenvalue weighted by Crippen LogP contribution is -2.38. The summed E-state index contributed by atoms with van der Waals surface area (Å²) in [7, 11) is -4.39. The van der Waals surface area contributed by atoms with E-state index < -0.39 is 43.7 Å². The van der Waals surface area contributed by atoms with Gasteiger partial charge in [-0.3, -0.25) is 0 Å². The van der Waals surface area contributed by atoms with Crippen LogP contribution in [0.4, 0.5) is 18.9 Å². The van der Waals surface area contributed by atoms with E-state index in [1.54, 1.807) is 24.0 Å².